The van der Waals surface area contributed by atoms with Crippen LogP contribution in [0, 0.1) is 5.92 Å². The monoisotopic (exact) mass is 401 g/mol. The van der Waals surface area contributed by atoms with E-state index in [4.69, 9.17) is 5.73 Å². The predicted molar refractivity (Wildman–Crippen MR) is 85.9 cm³/mol. The van der Waals surface area contributed by atoms with Crippen LogP contribution in [0.2, 0.25) is 0 Å². The topological polar surface area (TPSA) is 46.2 Å². The highest BCUT2D eigenvalue weighted by Crippen LogP contribution is 2.37. The first-order valence-electron chi connectivity index (χ1n) is 7.11. The summed E-state index contributed by atoms with van der Waals surface area (Å²) in [5.41, 5.74) is 5.60. The van der Waals surface area contributed by atoms with Gasteiger partial charge in [-0.3, -0.25) is 0 Å². The van der Waals surface area contributed by atoms with Crippen LogP contribution in [0.1, 0.15) is 49.3 Å². The Bertz CT molecular complexity index is 492. The maximum Gasteiger partial charge on any atom is 0.416 e. The van der Waals surface area contributed by atoms with Crippen LogP contribution in [-0.2, 0) is 6.18 Å². The molecule has 1 saturated carbocycles. The Morgan fingerprint density at radius 2 is 1.77 bits per heavy atom. The molecule has 1 fully saturated rings. The Kier molecular flexibility index (Phi) is 7.18. The van der Waals surface area contributed by atoms with Crippen molar-refractivity contribution in [3.63, 3.8) is 0 Å². The number of benzene rings is 1. The van der Waals surface area contributed by atoms with Gasteiger partial charge in [0.1, 0.15) is 0 Å². The van der Waals surface area contributed by atoms with Crippen LogP contribution in [0.25, 0.3) is 0 Å². The lowest BCUT2D eigenvalue weighted by Gasteiger charge is -2.31. The van der Waals surface area contributed by atoms with Crippen LogP contribution in [-0.4, -0.2) is 11.2 Å². The number of nitrogens with two attached hydrogens (primary N) is 1. The molecule has 1 aromatic rings. The Hall–Kier alpha value is -0.300. The summed E-state index contributed by atoms with van der Waals surface area (Å²) in [6, 6.07) is 2.56. The van der Waals surface area contributed by atoms with Gasteiger partial charge in [0, 0.05) is 4.47 Å². The van der Waals surface area contributed by atoms with Gasteiger partial charge in [0.2, 0.25) is 0 Å². The van der Waals surface area contributed by atoms with E-state index in [0.717, 1.165) is 44.2 Å². The molecule has 0 unspecified atom stereocenters. The fraction of sp³-hybridized carbons (Fsp3) is 0.600. The molecule has 2 rings (SSSR count). The lowest BCUT2D eigenvalue weighted by molar-refractivity contribution is -0.137. The highest BCUT2D eigenvalue weighted by Gasteiger charge is 2.33. The average molecular weight is 403 g/mol. The molecule has 0 heterocycles. The van der Waals surface area contributed by atoms with E-state index < -0.39 is 23.9 Å². The van der Waals surface area contributed by atoms with E-state index in [1.54, 1.807) is 0 Å². The molecule has 3 N–H and O–H groups in total. The average Bonchev–Trinajstić information content (AvgIpc) is 2.46. The van der Waals surface area contributed by atoms with Crippen molar-refractivity contribution in [2.75, 3.05) is 0 Å². The summed E-state index contributed by atoms with van der Waals surface area (Å²) in [6.07, 6.45) is -0.241. The number of aliphatic hydroxyl groups is 1. The molecule has 0 radical (unpaired) electrons. The molecule has 0 aromatic heterocycles. The number of halogens is 5. The highest BCUT2D eigenvalue weighted by atomic mass is 79.9. The summed E-state index contributed by atoms with van der Waals surface area (Å²) < 4.78 is 38.9. The zero-order chi connectivity index (χ0) is 15.6. The number of rotatable bonds is 3. The van der Waals surface area contributed by atoms with Gasteiger partial charge >= 0.3 is 6.18 Å². The minimum absolute atomic E-state index is 0. The van der Waals surface area contributed by atoms with Crippen LogP contribution in [0.15, 0.2) is 22.7 Å². The summed E-state index contributed by atoms with van der Waals surface area (Å²) >= 11 is 3.23. The molecular formula is C15H20BrClF3NO. The van der Waals surface area contributed by atoms with E-state index >= 15 is 0 Å². The fourth-order valence-electron chi connectivity index (χ4n) is 2.93. The van der Waals surface area contributed by atoms with Crippen LogP contribution in [0.4, 0.5) is 13.2 Å². The maximum absolute atomic E-state index is 12.8. The van der Waals surface area contributed by atoms with Gasteiger partial charge in [-0.1, -0.05) is 35.2 Å². The van der Waals surface area contributed by atoms with Gasteiger partial charge in [0.25, 0.3) is 0 Å². The number of hydrogen-bond acceptors (Lipinski definition) is 2. The standard InChI is InChI=1S/C15H19BrF3NO.ClH/c16-12-7-6-10(15(17,18)19)8-11(12)13(20)14(21)9-4-2-1-3-5-9;/h6-9,13-14,21H,1-5,20H2;1H/t13-,14+;/m1./s1. The Balaban J connectivity index is 0.00000242. The second-order valence-corrected chi connectivity index (χ2v) is 6.50. The highest BCUT2D eigenvalue weighted by molar-refractivity contribution is 9.10. The van der Waals surface area contributed by atoms with Gasteiger partial charge in [-0.2, -0.15) is 13.2 Å². The first-order chi connectivity index (χ1) is 9.80. The number of aliphatic hydroxyl groups excluding tert-OH is 1. The summed E-state index contributed by atoms with van der Waals surface area (Å²) in [5.74, 6) is 0.0650. The third kappa shape index (κ3) is 4.60. The van der Waals surface area contributed by atoms with Gasteiger partial charge in [-0.15, -0.1) is 12.4 Å². The van der Waals surface area contributed by atoms with Crippen molar-refractivity contribution in [3.05, 3.63) is 33.8 Å². The van der Waals surface area contributed by atoms with E-state index in [9.17, 15) is 18.3 Å². The lowest BCUT2D eigenvalue weighted by atomic mass is 9.81. The van der Waals surface area contributed by atoms with Gasteiger partial charge < -0.3 is 10.8 Å². The van der Waals surface area contributed by atoms with Gasteiger partial charge in [0.05, 0.1) is 17.7 Å². The Morgan fingerprint density at radius 3 is 2.32 bits per heavy atom. The molecular weight excluding hydrogens is 383 g/mol. The predicted octanol–water partition coefficient (Wildman–Crippen LogP) is 4.83. The van der Waals surface area contributed by atoms with Crippen molar-refractivity contribution in [2.24, 2.45) is 11.7 Å². The summed E-state index contributed by atoms with van der Waals surface area (Å²) in [4.78, 5) is 0. The second-order valence-electron chi connectivity index (χ2n) is 5.65. The SMILES string of the molecule is Cl.N[C@H](c1cc(C(F)(F)F)ccc1Br)[C@@H](O)C1CCCCC1. The largest absolute Gasteiger partial charge is 0.416 e. The number of hydrogen-bond donors (Lipinski definition) is 2. The second kappa shape index (κ2) is 7.99. The Morgan fingerprint density at radius 1 is 1.18 bits per heavy atom. The molecule has 22 heavy (non-hydrogen) atoms. The molecule has 0 amide bonds. The van der Waals surface area contributed by atoms with Crippen LogP contribution < -0.4 is 5.73 Å². The molecule has 126 valence electrons. The van der Waals surface area contributed by atoms with Crippen molar-refractivity contribution < 1.29 is 18.3 Å². The van der Waals surface area contributed by atoms with Crippen molar-refractivity contribution >= 4 is 28.3 Å². The van der Waals surface area contributed by atoms with Crippen LogP contribution in [0.5, 0.6) is 0 Å². The van der Waals surface area contributed by atoms with Gasteiger partial charge in [-0.25, -0.2) is 0 Å². The van der Waals surface area contributed by atoms with Crippen molar-refractivity contribution in [3.8, 4) is 0 Å². The van der Waals surface area contributed by atoms with E-state index in [2.05, 4.69) is 15.9 Å². The van der Waals surface area contributed by atoms with Crippen molar-refractivity contribution in [1.29, 1.82) is 0 Å². The lowest BCUT2D eigenvalue weighted by Crippen LogP contribution is -2.34. The van der Waals surface area contributed by atoms with Gasteiger partial charge in [-0.05, 0) is 42.5 Å². The smallest absolute Gasteiger partial charge is 0.391 e. The molecule has 0 aliphatic heterocycles. The Labute approximate surface area is 142 Å². The van der Waals surface area contributed by atoms with E-state index in [-0.39, 0.29) is 18.3 Å². The van der Waals surface area contributed by atoms with Gasteiger partial charge in [0.15, 0.2) is 0 Å². The zero-order valence-corrected chi connectivity index (χ0v) is 14.3. The van der Waals surface area contributed by atoms with Crippen molar-refractivity contribution in [1.82, 2.24) is 0 Å². The van der Waals surface area contributed by atoms with Crippen LogP contribution >= 0.6 is 28.3 Å². The molecule has 2 nitrogen and oxygen atoms in total. The summed E-state index contributed by atoms with van der Waals surface area (Å²) in [5, 5.41) is 10.4. The third-order valence-corrected chi connectivity index (χ3v) is 4.91. The molecule has 1 aliphatic rings. The molecule has 0 bridgehead atoms. The van der Waals surface area contributed by atoms with E-state index in [1.165, 1.54) is 6.07 Å². The summed E-state index contributed by atoms with van der Waals surface area (Å²) in [7, 11) is 0. The van der Waals surface area contributed by atoms with Crippen LogP contribution in [0.3, 0.4) is 0 Å². The molecule has 0 saturated heterocycles. The van der Waals surface area contributed by atoms with Crippen molar-refractivity contribution in [2.45, 2.75) is 50.4 Å². The zero-order valence-electron chi connectivity index (χ0n) is 11.9. The normalized spacial score (nSPS) is 19.4. The number of alkyl halides is 3. The molecule has 7 heteroatoms. The minimum atomic E-state index is -4.41. The first-order valence-corrected chi connectivity index (χ1v) is 7.90. The quantitative estimate of drug-likeness (QED) is 0.760. The molecule has 1 aromatic carbocycles. The summed E-state index contributed by atoms with van der Waals surface area (Å²) in [6.45, 7) is 0. The third-order valence-electron chi connectivity index (χ3n) is 4.18. The fourth-order valence-corrected chi connectivity index (χ4v) is 3.44. The van der Waals surface area contributed by atoms with E-state index in [1.807, 2.05) is 0 Å². The molecule has 2 atom stereocenters. The molecule has 0 spiro atoms. The minimum Gasteiger partial charge on any atom is -0.391 e. The first kappa shape index (κ1) is 19.7. The van der Waals surface area contributed by atoms with E-state index in [0.29, 0.717) is 10.0 Å². The maximum atomic E-state index is 12.8. The molecule has 1 aliphatic carbocycles.